The van der Waals surface area contributed by atoms with E-state index in [4.69, 9.17) is 0 Å². The smallest absolute Gasteiger partial charge is 0.280 e. The van der Waals surface area contributed by atoms with Crippen molar-refractivity contribution in [1.82, 2.24) is 14.8 Å². The molecule has 1 aromatic carbocycles. The van der Waals surface area contributed by atoms with Crippen molar-refractivity contribution in [2.75, 3.05) is 0 Å². The number of fused-ring (bicyclic) bond motifs is 3. The third-order valence-electron chi connectivity index (χ3n) is 3.74. The van der Waals surface area contributed by atoms with Gasteiger partial charge >= 0.3 is 0 Å². The number of H-pyrrole nitrogens is 1. The minimum Gasteiger partial charge on any atom is -0.290 e. The molecule has 0 amide bonds. The number of nitrogens with one attached hydrogen (secondary N) is 1. The lowest BCUT2D eigenvalue weighted by molar-refractivity contribution is 0.831. The molecule has 4 rings (SSSR count). The van der Waals surface area contributed by atoms with Crippen molar-refractivity contribution in [1.29, 1.82) is 0 Å². The Morgan fingerprint density at radius 1 is 1.21 bits per heavy atom. The average Bonchev–Trinajstić information content (AvgIpc) is 3.07. The predicted octanol–water partition coefficient (Wildman–Crippen LogP) is 2.90. The van der Waals surface area contributed by atoms with Gasteiger partial charge < -0.3 is 0 Å². The number of benzene rings is 1. The number of aromatic nitrogens is 3. The summed E-state index contributed by atoms with van der Waals surface area (Å²) in [6.45, 7) is 0. The van der Waals surface area contributed by atoms with Crippen LogP contribution < -0.4 is 5.56 Å². The van der Waals surface area contributed by atoms with Crippen molar-refractivity contribution in [2.24, 2.45) is 0 Å². The first-order valence-corrected chi connectivity index (χ1v) is 6.52. The second-order valence-electron chi connectivity index (χ2n) is 4.90. The first-order valence-electron chi connectivity index (χ1n) is 6.52. The minimum atomic E-state index is 0.00130. The van der Waals surface area contributed by atoms with Crippen molar-refractivity contribution in [2.45, 2.75) is 19.3 Å². The Balaban J connectivity index is 2.11. The van der Waals surface area contributed by atoms with Gasteiger partial charge in [-0.15, -0.1) is 0 Å². The molecule has 2 heterocycles. The summed E-state index contributed by atoms with van der Waals surface area (Å²) in [6, 6.07) is 7.87. The van der Waals surface area contributed by atoms with Crippen LogP contribution in [0.1, 0.15) is 19.3 Å². The average molecular weight is 251 g/mol. The molecule has 0 fully saturated rings. The number of rotatable bonds is 1. The van der Waals surface area contributed by atoms with E-state index in [1.54, 1.807) is 10.9 Å². The zero-order valence-corrected chi connectivity index (χ0v) is 10.4. The summed E-state index contributed by atoms with van der Waals surface area (Å²) in [4.78, 5) is 16.8. The van der Waals surface area contributed by atoms with Gasteiger partial charge in [0.15, 0.2) is 0 Å². The van der Waals surface area contributed by atoms with E-state index in [0.29, 0.717) is 5.39 Å². The molecule has 0 bridgehead atoms. The van der Waals surface area contributed by atoms with Crippen LogP contribution in [0.3, 0.4) is 0 Å². The Morgan fingerprint density at radius 3 is 2.95 bits per heavy atom. The zero-order chi connectivity index (χ0) is 12.8. The summed E-state index contributed by atoms with van der Waals surface area (Å²) in [5.74, 6) is 0. The highest BCUT2D eigenvalue weighted by atomic mass is 16.1. The number of para-hydroxylation sites is 1. The number of hydrogen-bond acceptors (Lipinski definition) is 2. The van der Waals surface area contributed by atoms with E-state index in [1.165, 1.54) is 0 Å². The molecule has 1 aliphatic rings. The van der Waals surface area contributed by atoms with Gasteiger partial charge in [-0.25, -0.2) is 4.68 Å². The maximum atomic E-state index is 12.4. The maximum absolute atomic E-state index is 12.4. The molecule has 2 aromatic heterocycles. The van der Waals surface area contributed by atoms with Crippen LogP contribution in [0.2, 0.25) is 0 Å². The lowest BCUT2D eigenvalue weighted by atomic mass is 10.2. The van der Waals surface area contributed by atoms with E-state index in [-0.39, 0.29) is 5.56 Å². The maximum Gasteiger partial charge on any atom is 0.280 e. The fourth-order valence-corrected chi connectivity index (χ4v) is 2.77. The van der Waals surface area contributed by atoms with Crippen LogP contribution >= 0.6 is 0 Å². The Bertz CT molecular complexity index is 870. The molecule has 19 heavy (non-hydrogen) atoms. The van der Waals surface area contributed by atoms with Gasteiger partial charge in [0.2, 0.25) is 0 Å². The van der Waals surface area contributed by atoms with Crippen molar-refractivity contribution in [3.05, 3.63) is 46.9 Å². The summed E-state index contributed by atoms with van der Waals surface area (Å²) in [5.41, 5.74) is 2.86. The Kier molecular flexibility index (Phi) is 2.12. The molecule has 94 valence electrons. The fraction of sp³-hybridized carbons (Fsp3) is 0.200. The molecule has 0 aliphatic heterocycles. The molecule has 3 aromatic rings. The standard InChI is InChI=1S/C15H13N3O/c19-15-12-9-16-13-8-4-3-7-11(13)14(12)17-18(15)10-5-1-2-6-10/h3-5,7-9,17H,1-2,6H2. The molecule has 0 saturated carbocycles. The topological polar surface area (TPSA) is 50.7 Å². The van der Waals surface area contributed by atoms with E-state index in [1.807, 2.05) is 24.3 Å². The Hall–Kier alpha value is -2.36. The van der Waals surface area contributed by atoms with E-state index in [2.05, 4.69) is 16.2 Å². The molecule has 1 N–H and O–H groups in total. The van der Waals surface area contributed by atoms with E-state index >= 15 is 0 Å². The van der Waals surface area contributed by atoms with Crippen LogP contribution in [0.25, 0.3) is 27.5 Å². The lowest BCUT2D eigenvalue weighted by Gasteiger charge is -2.00. The largest absolute Gasteiger partial charge is 0.290 e. The Labute approximate surface area is 109 Å². The number of aromatic amines is 1. The summed E-state index contributed by atoms with van der Waals surface area (Å²) < 4.78 is 1.67. The molecule has 0 unspecified atom stereocenters. The summed E-state index contributed by atoms with van der Waals surface area (Å²) in [7, 11) is 0. The van der Waals surface area contributed by atoms with Gasteiger partial charge in [0, 0.05) is 17.3 Å². The number of nitrogens with zero attached hydrogens (tertiary/aromatic N) is 2. The minimum absolute atomic E-state index is 0.00130. The van der Waals surface area contributed by atoms with Crippen LogP contribution in [0.5, 0.6) is 0 Å². The molecule has 0 spiro atoms. The molecular formula is C15H13N3O. The Morgan fingerprint density at radius 2 is 2.11 bits per heavy atom. The predicted molar refractivity (Wildman–Crippen MR) is 76.0 cm³/mol. The van der Waals surface area contributed by atoms with Gasteiger partial charge in [-0.2, -0.15) is 0 Å². The van der Waals surface area contributed by atoms with Crippen molar-refractivity contribution >= 4 is 27.5 Å². The highest BCUT2D eigenvalue weighted by molar-refractivity contribution is 6.02. The summed E-state index contributed by atoms with van der Waals surface area (Å²) in [5, 5.41) is 4.90. The van der Waals surface area contributed by atoms with Crippen LogP contribution in [-0.4, -0.2) is 14.8 Å². The molecule has 4 nitrogen and oxygen atoms in total. The normalized spacial score (nSPS) is 15.3. The van der Waals surface area contributed by atoms with Crippen molar-refractivity contribution in [3.8, 4) is 0 Å². The van der Waals surface area contributed by atoms with Crippen molar-refractivity contribution < 1.29 is 0 Å². The van der Waals surface area contributed by atoms with Crippen LogP contribution in [0.15, 0.2) is 41.3 Å². The molecule has 1 aliphatic carbocycles. The second-order valence-corrected chi connectivity index (χ2v) is 4.90. The van der Waals surface area contributed by atoms with E-state index in [9.17, 15) is 4.79 Å². The number of hydrogen-bond donors (Lipinski definition) is 1. The number of pyridine rings is 1. The number of allylic oxidation sites excluding steroid dienone is 2. The van der Waals surface area contributed by atoms with Gasteiger partial charge in [-0.3, -0.25) is 14.9 Å². The van der Waals surface area contributed by atoms with Crippen LogP contribution in [0.4, 0.5) is 0 Å². The fourth-order valence-electron chi connectivity index (χ4n) is 2.77. The molecule has 4 heteroatoms. The third-order valence-corrected chi connectivity index (χ3v) is 3.74. The van der Waals surface area contributed by atoms with Gasteiger partial charge in [0.1, 0.15) is 0 Å². The van der Waals surface area contributed by atoms with E-state index < -0.39 is 0 Å². The summed E-state index contributed by atoms with van der Waals surface area (Å²) in [6.07, 6.45) is 6.93. The molecule has 0 radical (unpaired) electrons. The van der Waals surface area contributed by atoms with Gasteiger partial charge in [-0.05, 0) is 25.3 Å². The highest BCUT2D eigenvalue weighted by Crippen LogP contribution is 2.24. The molecule has 0 atom stereocenters. The third kappa shape index (κ3) is 1.46. The lowest BCUT2D eigenvalue weighted by Crippen LogP contribution is -2.14. The SMILES string of the molecule is O=c1c2cnc3ccccc3c2[nH]n1C1=CCCC1. The van der Waals surface area contributed by atoms with Gasteiger partial charge in [0.25, 0.3) is 5.56 Å². The quantitative estimate of drug-likeness (QED) is 0.723. The molecular weight excluding hydrogens is 238 g/mol. The van der Waals surface area contributed by atoms with Gasteiger partial charge in [0.05, 0.1) is 16.4 Å². The highest BCUT2D eigenvalue weighted by Gasteiger charge is 2.14. The summed E-state index contributed by atoms with van der Waals surface area (Å²) >= 11 is 0. The van der Waals surface area contributed by atoms with Gasteiger partial charge in [-0.1, -0.05) is 24.3 Å². The van der Waals surface area contributed by atoms with Crippen molar-refractivity contribution in [3.63, 3.8) is 0 Å². The monoisotopic (exact) mass is 251 g/mol. The van der Waals surface area contributed by atoms with Crippen LogP contribution in [-0.2, 0) is 0 Å². The second kappa shape index (κ2) is 3.82. The zero-order valence-electron chi connectivity index (χ0n) is 10.4. The molecule has 0 saturated heterocycles. The van der Waals surface area contributed by atoms with Crippen LogP contribution in [0, 0.1) is 0 Å². The first-order chi connectivity index (χ1) is 9.34. The first kappa shape index (κ1) is 10.6. The van der Waals surface area contributed by atoms with E-state index in [0.717, 1.165) is 41.4 Å².